The second-order valence-corrected chi connectivity index (χ2v) is 5.47. The fourth-order valence-corrected chi connectivity index (χ4v) is 2.41. The molecule has 0 atom stereocenters. The van der Waals surface area contributed by atoms with Crippen molar-refractivity contribution >= 4 is 11.7 Å². The minimum atomic E-state index is -0.343. The first-order valence-corrected chi connectivity index (χ1v) is 8.10. The zero-order valence-electron chi connectivity index (χ0n) is 14.1. The van der Waals surface area contributed by atoms with E-state index < -0.39 is 0 Å². The molecular formula is C19H14N6O2. The van der Waals surface area contributed by atoms with Gasteiger partial charge in [-0.05, 0) is 24.3 Å². The van der Waals surface area contributed by atoms with Crippen molar-refractivity contribution < 1.29 is 9.53 Å². The summed E-state index contributed by atoms with van der Waals surface area (Å²) in [5, 5.41) is 6.76. The van der Waals surface area contributed by atoms with Crippen molar-refractivity contribution in [2.45, 2.75) is 0 Å². The van der Waals surface area contributed by atoms with Gasteiger partial charge in [-0.1, -0.05) is 30.3 Å². The maximum absolute atomic E-state index is 12.7. The van der Waals surface area contributed by atoms with Crippen molar-refractivity contribution in [3.8, 4) is 17.3 Å². The van der Waals surface area contributed by atoms with Crippen molar-refractivity contribution in [2.75, 3.05) is 5.32 Å². The Hall–Kier alpha value is -4.07. The molecule has 4 aromatic rings. The van der Waals surface area contributed by atoms with Gasteiger partial charge >= 0.3 is 0 Å². The number of hydrogen-bond acceptors (Lipinski definition) is 6. The molecule has 2 aromatic carbocycles. The highest BCUT2D eigenvalue weighted by molar-refractivity contribution is 6.05. The average Bonchev–Trinajstić information content (AvgIpc) is 3.24. The summed E-state index contributed by atoms with van der Waals surface area (Å²) in [6.07, 6.45) is 4.26. The van der Waals surface area contributed by atoms with Crippen LogP contribution in [0.1, 0.15) is 10.4 Å². The predicted molar refractivity (Wildman–Crippen MR) is 97.9 cm³/mol. The van der Waals surface area contributed by atoms with E-state index in [0.717, 1.165) is 0 Å². The number of carbonyl (C=O) groups excluding carboxylic acids is 1. The van der Waals surface area contributed by atoms with Crippen molar-refractivity contribution in [2.24, 2.45) is 0 Å². The van der Waals surface area contributed by atoms with Crippen LogP contribution < -0.4 is 10.1 Å². The van der Waals surface area contributed by atoms with E-state index in [0.29, 0.717) is 28.7 Å². The Morgan fingerprint density at radius 2 is 1.78 bits per heavy atom. The number of benzene rings is 2. The van der Waals surface area contributed by atoms with Crippen LogP contribution in [0.15, 0.2) is 79.6 Å². The highest BCUT2D eigenvalue weighted by atomic mass is 16.5. The molecule has 0 radical (unpaired) electrons. The number of rotatable bonds is 5. The van der Waals surface area contributed by atoms with Gasteiger partial charge in [0, 0.05) is 6.07 Å². The summed E-state index contributed by atoms with van der Waals surface area (Å²) in [5.74, 6) is 1.59. The average molecular weight is 358 g/mol. The summed E-state index contributed by atoms with van der Waals surface area (Å²) in [4.78, 5) is 24.8. The van der Waals surface area contributed by atoms with Crippen molar-refractivity contribution in [3.63, 3.8) is 0 Å². The van der Waals surface area contributed by atoms with Crippen LogP contribution in [0.2, 0.25) is 0 Å². The molecule has 0 bridgehead atoms. The summed E-state index contributed by atoms with van der Waals surface area (Å²) >= 11 is 0. The Kier molecular flexibility index (Phi) is 4.52. The number of nitrogens with zero attached hydrogens (tertiary/aromatic N) is 5. The molecule has 0 spiro atoms. The number of ether oxygens (including phenoxy) is 1. The maximum atomic E-state index is 12.7. The van der Waals surface area contributed by atoms with Gasteiger partial charge in [0.05, 0.1) is 5.56 Å². The Balaban J connectivity index is 1.56. The fourth-order valence-electron chi connectivity index (χ4n) is 2.41. The molecule has 1 N–H and O–H groups in total. The molecular weight excluding hydrogens is 344 g/mol. The van der Waals surface area contributed by atoms with E-state index in [1.165, 1.54) is 23.7 Å². The Bertz CT molecular complexity index is 1050. The van der Waals surface area contributed by atoms with Gasteiger partial charge < -0.3 is 10.1 Å². The summed E-state index contributed by atoms with van der Waals surface area (Å²) in [7, 11) is 0. The van der Waals surface area contributed by atoms with Gasteiger partial charge in [-0.2, -0.15) is 5.10 Å². The number of aromatic nitrogens is 5. The standard InChI is InChI=1S/C19H14N6O2/c26-19(24-17-10-18(22-12-21-17)25-13-20-11-23-25)15-8-4-5-9-16(15)27-14-6-2-1-3-7-14/h1-13H,(H,21,22,24,26). The summed E-state index contributed by atoms with van der Waals surface area (Å²) < 4.78 is 7.31. The van der Waals surface area contributed by atoms with E-state index in [9.17, 15) is 4.79 Å². The fraction of sp³-hybridized carbons (Fsp3) is 0. The monoisotopic (exact) mass is 358 g/mol. The second kappa shape index (κ2) is 7.44. The number of amides is 1. The number of hydrogen-bond donors (Lipinski definition) is 1. The van der Waals surface area contributed by atoms with E-state index in [1.54, 1.807) is 24.3 Å². The molecule has 0 unspecified atom stereocenters. The van der Waals surface area contributed by atoms with Gasteiger partial charge in [0.1, 0.15) is 36.3 Å². The highest BCUT2D eigenvalue weighted by Gasteiger charge is 2.14. The summed E-state index contributed by atoms with van der Waals surface area (Å²) in [6, 6.07) is 17.9. The number of nitrogens with one attached hydrogen (secondary N) is 1. The molecule has 0 fully saturated rings. The van der Waals surface area contributed by atoms with Crippen molar-refractivity contribution in [1.82, 2.24) is 24.7 Å². The third kappa shape index (κ3) is 3.79. The topological polar surface area (TPSA) is 94.8 Å². The van der Waals surface area contributed by atoms with Gasteiger partial charge in [0.2, 0.25) is 0 Å². The molecule has 8 heteroatoms. The first-order valence-electron chi connectivity index (χ1n) is 8.10. The van der Waals surface area contributed by atoms with Crippen molar-refractivity contribution in [1.29, 1.82) is 0 Å². The van der Waals surface area contributed by atoms with Gasteiger partial charge in [0.25, 0.3) is 5.91 Å². The lowest BCUT2D eigenvalue weighted by Crippen LogP contribution is -2.14. The largest absolute Gasteiger partial charge is 0.457 e. The smallest absolute Gasteiger partial charge is 0.260 e. The third-order valence-electron chi connectivity index (χ3n) is 3.65. The normalized spacial score (nSPS) is 10.4. The van der Waals surface area contributed by atoms with Gasteiger partial charge in [0.15, 0.2) is 5.82 Å². The Labute approximate surface area is 154 Å². The van der Waals surface area contributed by atoms with Crippen LogP contribution in [-0.2, 0) is 0 Å². The minimum absolute atomic E-state index is 0.343. The SMILES string of the molecule is O=C(Nc1cc(-n2cncn2)ncn1)c1ccccc1Oc1ccccc1. The maximum Gasteiger partial charge on any atom is 0.260 e. The van der Waals surface area contributed by atoms with Crippen LogP contribution in [-0.4, -0.2) is 30.6 Å². The molecule has 1 amide bonds. The van der Waals surface area contributed by atoms with E-state index in [2.05, 4.69) is 25.4 Å². The first-order chi connectivity index (χ1) is 13.3. The van der Waals surface area contributed by atoms with Gasteiger partial charge in [-0.15, -0.1) is 0 Å². The number of anilines is 1. The Morgan fingerprint density at radius 3 is 2.59 bits per heavy atom. The number of carbonyl (C=O) groups is 1. The molecule has 0 saturated carbocycles. The predicted octanol–water partition coefficient (Wildman–Crippen LogP) is 3.10. The van der Waals surface area contributed by atoms with Crippen molar-refractivity contribution in [3.05, 3.63) is 85.2 Å². The number of para-hydroxylation sites is 2. The lowest BCUT2D eigenvalue weighted by Gasteiger charge is -2.11. The molecule has 8 nitrogen and oxygen atoms in total. The summed E-state index contributed by atoms with van der Waals surface area (Å²) in [5.41, 5.74) is 0.391. The molecule has 4 rings (SSSR count). The quantitative estimate of drug-likeness (QED) is 0.589. The second-order valence-electron chi connectivity index (χ2n) is 5.47. The molecule has 0 saturated heterocycles. The highest BCUT2D eigenvalue weighted by Crippen LogP contribution is 2.25. The minimum Gasteiger partial charge on any atom is -0.457 e. The lowest BCUT2D eigenvalue weighted by molar-refractivity contribution is 0.102. The van der Waals surface area contributed by atoms with E-state index in [-0.39, 0.29) is 5.91 Å². The molecule has 0 aliphatic rings. The van der Waals surface area contributed by atoms with E-state index >= 15 is 0 Å². The van der Waals surface area contributed by atoms with Crippen LogP contribution in [0.5, 0.6) is 11.5 Å². The molecule has 0 aliphatic heterocycles. The first kappa shape index (κ1) is 16.4. The van der Waals surface area contributed by atoms with E-state index in [4.69, 9.17) is 4.74 Å². The molecule has 132 valence electrons. The molecule has 2 aromatic heterocycles. The third-order valence-corrected chi connectivity index (χ3v) is 3.65. The van der Waals surface area contributed by atoms with Crippen LogP contribution in [0.4, 0.5) is 5.82 Å². The van der Waals surface area contributed by atoms with Gasteiger partial charge in [-0.25, -0.2) is 19.6 Å². The zero-order valence-corrected chi connectivity index (χ0v) is 14.1. The zero-order chi connectivity index (χ0) is 18.5. The lowest BCUT2D eigenvalue weighted by atomic mass is 10.2. The Morgan fingerprint density at radius 1 is 0.963 bits per heavy atom. The van der Waals surface area contributed by atoms with Gasteiger partial charge in [-0.3, -0.25) is 4.79 Å². The van der Waals surface area contributed by atoms with E-state index in [1.807, 2.05) is 36.4 Å². The van der Waals surface area contributed by atoms with Crippen LogP contribution in [0, 0.1) is 0 Å². The summed E-state index contributed by atoms with van der Waals surface area (Å²) in [6.45, 7) is 0. The van der Waals surface area contributed by atoms with Crippen LogP contribution in [0.25, 0.3) is 5.82 Å². The van der Waals surface area contributed by atoms with Crippen LogP contribution in [0.3, 0.4) is 0 Å². The van der Waals surface area contributed by atoms with Crippen LogP contribution >= 0.6 is 0 Å². The molecule has 0 aliphatic carbocycles. The molecule has 27 heavy (non-hydrogen) atoms. The molecule has 2 heterocycles.